The number of para-hydroxylation sites is 1. The molecule has 0 aliphatic carbocycles. The third-order valence-corrected chi connectivity index (χ3v) is 6.75. The molecule has 0 aliphatic rings. The van der Waals surface area contributed by atoms with Crippen LogP contribution in [0, 0.1) is 0 Å². The minimum atomic E-state index is -3.57. The maximum absolute atomic E-state index is 12.7. The summed E-state index contributed by atoms with van der Waals surface area (Å²) in [6, 6.07) is 22.2. The topological polar surface area (TPSA) is 75.7 Å². The molecule has 0 unspecified atom stereocenters. The molecule has 0 heterocycles. The Labute approximate surface area is 183 Å². The van der Waals surface area contributed by atoms with Crippen LogP contribution in [-0.2, 0) is 21.2 Å². The normalized spacial score (nSPS) is 11.4. The van der Waals surface area contributed by atoms with Crippen LogP contribution in [0.4, 0.5) is 5.69 Å². The van der Waals surface area contributed by atoms with E-state index in [0.717, 1.165) is 21.1 Å². The molecule has 3 aromatic rings. The largest absolute Gasteiger partial charge is 0.496 e. The quantitative estimate of drug-likeness (QED) is 0.572. The number of sulfonamides is 1. The van der Waals surface area contributed by atoms with E-state index in [4.69, 9.17) is 4.74 Å². The van der Waals surface area contributed by atoms with Crippen LogP contribution in [-0.4, -0.2) is 39.8 Å². The minimum Gasteiger partial charge on any atom is -0.496 e. The van der Waals surface area contributed by atoms with Crippen molar-refractivity contribution in [2.45, 2.75) is 17.7 Å². The Balaban J connectivity index is 1.77. The lowest BCUT2D eigenvalue weighted by Gasteiger charge is -2.15. The molecule has 7 heteroatoms. The van der Waals surface area contributed by atoms with Crippen molar-refractivity contribution in [3.63, 3.8) is 0 Å². The molecule has 0 saturated heterocycles. The highest BCUT2D eigenvalue weighted by Gasteiger charge is 2.19. The average Bonchev–Trinajstić information content (AvgIpc) is 2.78. The van der Waals surface area contributed by atoms with Gasteiger partial charge in [0.05, 0.1) is 12.0 Å². The fourth-order valence-electron chi connectivity index (χ4n) is 3.24. The lowest BCUT2D eigenvalue weighted by Crippen LogP contribution is -2.22. The molecule has 0 atom stereocenters. The molecule has 0 aliphatic heterocycles. The van der Waals surface area contributed by atoms with Crippen LogP contribution in [0.5, 0.6) is 5.75 Å². The number of hydrogen-bond acceptors (Lipinski definition) is 4. The predicted molar refractivity (Wildman–Crippen MR) is 123 cm³/mol. The Morgan fingerprint density at radius 1 is 0.968 bits per heavy atom. The summed E-state index contributed by atoms with van der Waals surface area (Å²) in [5.74, 6) is 0.390. The van der Waals surface area contributed by atoms with Gasteiger partial charge in [0.15, 0.2) is 0 Å². The fourth-order valence-corrected chi connectivity index (χ4v) is 4.20. The first-order chi connectivity index (χ1) is 14.8. The van der Waals surface area contributed by atoms with Gasteiger partial charge in [0, 0.05) is 31.8 Å². The zero-order chi connectivity index (χ0) is 22.4. The highest BCUT2D eigenvalue weighted by molar-refractivity contribution is 7.89. The predicted octanol–water partition coefficient (Wildman–Crippen LogP) is 4.18. The molecular formula is C24H26N2O4S. The maximum atomic E-state index is 12.7. The van der Waals surface area contributed by atoms with E-state index >= 15 is 0 Å². The van der Waals surface area contributed by atoms with Gasteiger partial charge in [-0.15, -0.1) is 0 Å². The Morgan fingerprint density at radius 3 is 2.32 bits per heavy atom. The van der Waals surface area contributed by atoms with E-state index < -0.39 is 10.0 Å². The second-order valence-corrected chi connectivity index (χ2v) is 9.37. The van der Waals surface area contributed by atoms with Gasteiger partial charge < -0.3 is 10.1 Å². The number of benzene rings is 3. The second-order valence-electron chi connectivity index (χ2n) is 7.22. The molecule has 1 amide bonds. The van der Waals surface area contributed by atoms with Crippen LogP contribution in [0.2, 0.25) is 0 Å². The lowest BCUT2D eigenvalue weighted by atomic mass is 10.0. The van der Waals surface area contributed by atoms with E-state index in [1.165, 1.54) is 27.3 Å². The van der Waals surface area contributed by atoms with Gasteiger partial charge in [0.2, 0.25) is 15.9 Å². The Morgan fingerprint density at radius 2 is 1.65 bits per heavy atom. The lowest BCUT2D eigenvalue weighted by molar-refractivity contribution is -0.116. The molecule has 0 bridgehead atoms. The molecule has 3 rings (SSSR count). The highest BCUT2D eigenvalue weighted by Crippen LogP contribution is 2.28. The van der Waals surface area contributed by atoms with Gasteiger partial charge in [0.1, 0.15) is 5.75 Å². The molecule has 162 valence electrons. The molecule has 0 aromatic heterocycles. The number of ether oxygens (including phenoxy) is 1. The van der Waals surface area contributed by atoms with Crippen molar-refractivity contribution in [2.24, 2.45) is 0 Å². The third-order valence-electron chi connectivity index (χ3n) is 4.94. The van der Waals surface area contributed by atoms with Gasteiger partial charge in [-0.3, -0.25) is 4.79 Å². The zero-order valence-corrected chi connectivity index (χ0v) is 18.6. The first-order valence-corrected chi connectivity index (χ1v) is 11.3. The van der Waals surface area contributed by atoms with E-state index in [-0.39, 0.29) is 17.2 Å². The van der Waals surface area contributed by atoms with Crippen molar-refractivity contribution in [1.82, 2.24) is 4.31 Å². The van der Waals surface area contributed by atoms with Crippen molar-refractivity contribution >= 4 is 21.6 Å². The van der Waals surface area contributed by atoms with Gasteiger partial charge >= 0.3 is 0 Å². The standard InChI is InChI=1S/C24H26N2O4S/c1-26(2)31(28,29)20-14-15-23(30-3)19(17-20)13-16-24(27)25-22-12-8-7-11-21(22)18-9-5-4-6-10-18/h4-12,14-15,17H,13,16H2,1-3H3,(H,25,27). The SMILES string of the molecule is COc1ccc(S(=O)(=O)N(C)C)cc1CCC(=O)Nc1ccccc1-c1ccccc1. The zero-order valence-electron chi connectivity index (χ0n) is 17.8. The Kier molecular flexibility index (Phi) is 7.09. The van der Waals surface area contributed by atoms with Gasteiger partial charge in [0.25, 0.3) is 0 Å². The molecule has 0 fully saturated rings. The first-order valence-electron chi connectivity index (χ1n) is 9.86. The summed E-state index contributed by atoms with van der Waals surface area (Å²) in [4.78, 5) is 12.9. The van der Waals surface area contributed by atoms with Crippen molar-refractivity contribution in [3.8, 4) is 16.9 Å². The summed E-state index contributed by atoms with van der Waals surface area (Å²) in [7, 11) is 0.918. The van der Waals surface area contributed by atoms with Crippen LogP contribution >= 0.6 is 0 Å². The van der Waals surface area contributed by atoms with Crippen LogP contribution in [0.3, 0.4) is 0 Å². The van der Waals surface area contributed by atoms with E-state index in [1.807, 2.05) is 54.6 Å². The second kappa shape index (κ2) is 9.76. The number of amides is 1. The monoisotopic (exact) mass is 438 g/mol. The summed E-state index contributed by atoms with van der Waals surface area (Å²) < 4.78 is 31.4. The molecule has 3 aromatic carbocycles. The first kappa shape index (κ1) is 22.5. The fraction of sp³-hybridized carbons (Fsp3) is 0.208. The molecule has 0 saturated carbocycles. The number of carbonyl (C=O) groups is 1. The van der Waals surface area contributed by atoms with Crippen LogP contribution in [0.15, 0.2) is 77.7 Å². The number of methoxy groups -OCH3 is 1. The molecule has 1 N–H and O–H groups in total. The smallest absolute Gasteiger partial charge is 0.242 e. The molecule has 0 spiro atoms. The average molecular weight is 439 g/mol. The summed E-state index contributed by atoms with van der Waals surface area (Å²) in [6.07, 6.45) is 0.532. The van der Waals surface area contributed by atoms with Crippen molar-refractivity contribution in [3.05, 3.63) is 78.4 Å². The van der Waals surface area contributed by atoms with Gasteiger partial charge in [-0.1, -0.05) is 48.5 Å². The van der Waals surface area contributed by atoms with E-state index in [2.05, 4.69) is 5.32 Å². The van der Waals surface area contributed by atoms with Gasteiger partial charge in [-0.05, 0) is 41.8 Å². The number of aryl methyl sites for hydroxylation is 1. The van der Waals surface area contributed by atoms with Crippen LogP contribution < -0.4 is 10.1 Å². The highest BCUT2D eigenvalue weighted by atomic mass is 32.2. The molecule has 6 nitrogen and oxygen atoms in total. The summed E-state index contributed by atoms with van der Waals surface area (Å²) >= 11 is 0. The van der Waals surface area contributed by atoms with Crippen LogP contribution in [0.1, 0.15) is 12.0 Å². The van der Waals surface area contributed by atoms with Gasteiger partial charge in [-0.25, -0.2) is 12.7 Å². The number of rotatable bonds is 8. The maximum Gasteiger partial charge on any atom is 0.242 e. The van der Waals surface area contributed by atoms with Crippen molar-refractivity contribution in [2.75, 3.05) is 26.5 Å². The molecule has 0 radical (unpaired) electrons. The van der Waals surface area contributed by atoms with E-state index in [9.17, 15) is 13.2 Å². The van der Waals surface area contributed by atoms with Crippen LogP contribution in [0.25, 0.3) is 11.1 Å². The molecular weight excluding hydrogens is 412 g/mol. The summed E-state index contributed by atoms with van der Waals surface area (Å²) in [5.41, 5.74) is 3.35. The Bertz CT molecular complexity index is 1160. The van der Waals surface area contributed by atoms with E-state index in [1.54, 1.807) is 12.1 Å². The Hall–Kier alpha value is -3.16. The number of anilines is 1. The third kappa shape index (κ3) is 5.31. The van der Waals surface area contributed by atoms with Crippen molar-refractivity contribution < 1.29 is 17.9 Å². The number of hydrogen-bond donors (Lipinski definition) is 1. The summed E-state index contributed by atoms with van der Waals surface area (Å²) in [6.45, 7) is 0. The van der Waals surface area contributed by atoms with E-state index in [0.29, 0.717) is 17.7 Å². The number of carbonyl (C=O) groups excluding carboxylic acids is 1. The number of nitrogens with zero attached hydrogens (tertiary/aromatic N) is 1. The summed E-state index contributed by atoms with van der Waals surface area (Å²) in [5, 5.41) is 2.97. The minimum absolute atomic E-state index is 0.161. The van der Waals surface area contributed by atoms with Crippen molar-refractivity contribution in [1.29, 1.82) is 0 Å². The molecule has 31 heavy (non-hydrogen) atoms. The van der Waals surface area contributed by atoms with Gasteiger partial charge in [-0.2, -0.15) is 0 Å². The number of nitrogens with one attached hydrogen (secondary N) is 1.